The standard InChI is InChI=1S/C12H12BrClN2O/c1-12(2,7-14)11(17)16-10-4-3-9(13)5-8(10)6-15/h3-5H,7H2,1-2H3,(H,16,17). The Balaban J connectivity index is 2.97. The molecule has 1 rings (SSSR count). The van der Waals surface area contributed by atoms with Crippen LogP contribution in [0.25, 0.3) is 0 Å². The third-order valence-electron chi connectivity index (χ3n) is 2.30. The van der Waals surface area contributed by atoms with Crippen LogP contribution in [0.3, 0.4) is 0 Å². The number of nitrogens with zero attached hydrogens (tertiary/aromatic N) is 1. The summed E-state index contributed by atoms with van der Waals surface area (Å²) in [7, 11) is 0. The van der Waals surface area contributed by atoms with Crippen LogP contribution in [0.2, 0.25) is 0 Å². The van der Waals surface area contributed by atoms with Crippen molar-refractivity contribution in [3.05, 3.63) is 28.2 Å². The summed E-state index contributed by atoms with van der Waals surface area (Å²) in [5.41, 5.74) is 0.249. The second-order valence-electron chi connectivity index (χ2n) is 4.27. The fourth-order valence-corrected chi connectivity index (χ4v) is 1.55. The van der Waals surface area contributed by atoms with Crippen molar-refractivity contribution in [3.8, 4) is 6.07 Å². The summed E-state index contributed by atoms with van der Waals surface area (Å²) in [6.45, 7) is 3.50. The van der Waals surface area contributed by atoms with Gasteiger partial charge in [0.1, 0.15) is 6.07 Å². The number of hydrogen-bond donors (Lipinski definition) is 1. The lowest BCUT2D eigenvalue weighted by Crippen LogP contribution is -2.32. The lowest BCUT2D eigenvalue weighted by atomic mass is 9.95. The molecule has 3 nitrogen and oxygen atoms in total. The lowest BCUT2D eigenvalue weighted by Gasteiger charge is -2.20. The Labute approximate surface area is 114 Å². The van der Waals surface area contributed by atoms with Crippen LogP contribution < -0.4 is 5.32 Å². The summed E-state index contributed by atoms with van der Waals surface area (Å²) in [4.78, 5) is 11.9. The van der Waals surface area contributed by atoms with Crippen molar-refractivity contribution >= 4 is 39.1 Å². The Bertz CT molecular complexity index is 480. The minimum Gasteiger partial charge on any atom is -0.324 e. The molecule has 0 atom stereocenters. The van der Waals surface area contributed by atoms with E-state index in [-0.39, 0.29) is 11.8 Å². The van der Waals surface area contributed by atoms with Gasteiger partial charge < -0.3 is 5.32 Å². The lowest BCUT2D eigenvalue weighted by molar-refractivity contribution is -0.122. The highest BCUT2D eigenvalue weighted by Crippen LogP contribution is 2.24. The Morgan fingerprint density at radius 3 is 2.76 bits per heavy atom. The number of alkyl halides is 1. The van der Waals surface area contributed by atoms with Crippen molar-refractivity contribution < 1.29 is 4.79 Å². The van der Waals surface area contributed by atoms with Crippen LogP contribution in [0.5, 0.6) is 0 Å². The third-order valence-corrected chi connectivity index (χ3v) is 3.46. The molecule has 0 spiro atoms. The summed E-state index contributed by atoms with van der Waals surface area (Å²) < 4.78 is 0.795. The molecule has 0 unspecified atom stereocenters. The number of carbonyl (C=O) groups is 1. The van der Waals surface area contributed by atoms with E-state index in [0.717, 1.165) is 4.47 Å². The van der Waals surface area contributed by atoms with E-state index < -0.39 is 5.41 Å². The van der Waals surface area contributed by atoms with Crippen molar-refractivity contribution in [3.63, 3.8) is 0 Å². The van der Waals surface area contributed by atoms with Crippen molar-refractivity contribution in [2.45, 2.75) is 13.8 Å². The smallest absolute Gasteiger partial charge is 0.231 e. The predicted molar refractivity (Wildman–Crippen MR) is 72.0 cm³/mol. The van der Waals surface area contributed by atoms with Crippen LogP contribution in [-0.2, 0) is 4.79 Å². The van der Waals surface area contributed by atoms with Crippen molar-refractivity contribution in [1.29, 1.82) is 5.26 Å². The van der Waals surface area contributed by atoms with E-state index in [2.05, 4.69) is 21.2 Å². The molecule has 0 saturated carbocycles. The van der Waals surface area contributed by atoms with Crippen molar-refractivity contribution in [2.24, 2.45) is 5.41 Å². The summed E-state index contributed by atoms with van der Waals surface area (Å²) in [5, 5.41) is 11.7. The van der Waals surface area contributed by atoms with E-state index in [0.29, 0.717) is 11.3 Å². The molecule has 0 radical (unpaired) electrons. The van der Waals surface area contributed by atoms with Crippen LogP contribution >= 0.6 is 27.5 Å². The number of amides is 1. The fourth-order valence-electron chi connectivity index (χ4n) is 1.07. The number of rotatable bonds is 3. The van der Waals surface area contributed by atoms with Crippen molar-refractivity contribution in [2.75, 3.05) is 11.2 Å². The average molecular weight is 316 g/mol. The Morgan fingerprint density at radius 2 is 2.24 bits per heavy atom. The molecule has 1 aromatic rings. The van der Waals surface area contributed by atoms with Gasteiger partial charge in [0.2, 0.25) is 5.91 Å². The van der Waals surface area contributed by atoms with Gasteiger partial charge in [0.05, 0.1) is 16.7 Å². The van der Waals surface area contributed by atoms with Gasteiger partial charge in [-0.3, -0.25) is 4.79 Å². The topological polar surface area (TPSA) is 52.9 Å². The highest BCUT2D eigenvalue weighted by molar-refractivity contribution is 9.10. The molecule has 0 bridgehead atoms. The first-order valence-corrected chi connectivity index (χ1v) is 6.30. The molecular weight excluding hydrogens is 304 g/mol. The van der Waals surface area contributed by atoms with E-state index in [9.17, 15) is 4.79 Å². The van der Waals surface area contributed by atoms with Gasteiger partial charge in [-0.15, -0.1) is 11.6 Å². The second-order valence-corrected chi connectivity index (χ2v) is 5.46. The molecule has 0 heterocycles. The Hall–Kier alpha value is -1.05. The summed E-state index contributed by atoms with van der Waals surface area (Å²) in [6.07, 6.45) is 0. The fraction of sp³-hybridized carbons (Fsp3) is 0.333. The zero-order valence-electron chi connectivity index (χ0n) is 9.55. The van der Waals surface area contributed by atoms with E-state index in [4.69, 9.17) is 16.9 Å². The van der Waals surface area contributed by atoms with Gasteiger partial charge in [0, 0.05) is 10.4 Å². The molecule has 1 N–H and O–H groups in total. The highest BCUT2D eigenvalue weighted by atomic mass is 79.9. The van der Waals surface area contributed by atoms with E-state index in [1.54, 1.807) is 32.0 Å². The number of nitrogens with one attached hydrogen (secondary N) is 1. The molecule has 5 heteroatoms. The SMILES string of the molecule is CC(C)(CCl)C(=O)Nc1ccc(Br)cc1C#N. The zero-order chi connectivity index (χ0) is 13.1. The third kappa shape index (κ3) is 3.45. The number of nitriles is 1. The summed E-state index contributed by atoms with van der Waals surface area (Å²) in [5.74, 6) is 0.0170. The maximum absolute atomic E-state index is 11.9. The molecule has 90 valence electrons. The largest absolute Gasteiger partial charge is 0.324 e. The molecule has 1 amide bonds. The number of anilines is 1. The van der Waals surface area contributed by atoms with E-state index >= 15 is 0 Å². The monoisotopic (exact) mass is 314 g/mol. The van der Waals surface area contributed by atoms with Gasteiger partial charge in [-0.25, -0.2) is 0 Å². The molecule has 0 saturated heterocycles. The molecule has 0 aromatic heterocycles. The Morgan fingerprint density at radius 1 is 1.59 bits per heavy atom. The minimum absolute atomic E-state index is 0.202. The summed E-state index contributed by atoms with van der Waals surface area (Å²) >= 11 is 8.99. The van der Waals surface area contributed by atoms with Crippen LogP contribution in [0, 0.1) is 16.7 Å². The van der Waals surface area contributed by atoms with Gasteiger partial charge in [-0.1, -0.05) is 15.9 Å². The maximum Gasteiger partial charge on any atom is 0.231 e. The molecule has 0 aliphatic carbocycles. The second kappa shape index (κ2) is 5.52. The normalized spacial score (nSPS) is 10.8. The van der Waals surface area contributed by atoms with Crippen LogP contribution in [0.15, 0.2) is 22.7 Å². The number of halogens is 2. The quantitative estimate of drug-likeness (QED) is 0.868. The van der Waals surface area contributed by atoms with Gasteiger partial charge in [0.25, 0.3) is 0 Å². The molecule has 0 aliphatic heterocycles. The first-order chi connectivity index (χ1) is 7.90. The molecule has 1 aromatic carbocycles. The van der Waals surface area contributed by atoms with Gasteiger partial charge in [-0.2, -0.15) is 5.26 Å². The van der Waals surface area contributed by atoms with Crippen molar-refractivity contribution in [1.82, 2.24) is 0 Å². The first-order valence-electron chi connectivity index (χ1n) is 4.98. The summed E-state index contributed by atoms with van der Waals surface area (Å²) in [6, 6.07) is 7.14. The van der Waals surface area contributed by atoms with E-state index in [1.807, 2.05) is 6.07 Å². The molecular formula is C12H12BrClN2O. The molecule has 0 fully saturated rings. The Kier molecular flexibility index (Phi) is 4.55. The maximum atomic E-state index is 11.9. The first kappa shape index (κ1) is 14.0. The highest BCUT2D eigenvalue weighted by Gasteiger charge is 2.27. The number of carbonyl (C=O) groups excluding carboxylic acids is 1. The number of hydrogen-bond acceptors (Lipinski definition) is 2. The number of benzene rings is 1. The zero-order valence-corrected chi connectivity index (χ0v) is 11.9. The predicted octanol–water partition coefficient (Wildman–Crippen LogP) is 3.52. The van der Waals surface area contributed by atoms with E-state index in [1.165, 1.54) is 0 Å². The average Bonchev–Trinajstić information content (AvgIpc) is 2.31. The van der Waals surface area contributed by atoms with Gasteiger partial charge in [0.15, 0.2) is 0 Å². The minimum atomic E-state index is -0.665. The molecule has 0 aliphatic rings. The van der Waals surface area contributed by atoms with Crippen LogP contribution in [-0.4, -0.2) is 11.8 Å². The molecule has 17 heavy (non-hydrogen) atoms. The van der Waals surface area contributed by atoms with Gasteiger partial charge in [-0.05, 0) is 32.0 Å². The van der Waals surface area contributed by atoms with Crippen LogP contribution in [0.1, 0.15) is 19.4 Å². The van der Waals surface area contributed by atoms with Crippen LogP contribution in [0.4, 0.5) is 5.69 Å². The van der Waals surface area contributed by atoms with Gasteiger partial charge >= 0.3 is 0 Å².